The largest absolute Gasteiger partial charge is 0.394 e. The van der Waals surface area contributed by atoms with Gasteiger partial charge in [0.1, 0.15) is 5.82 Å². The number of unbranched alkanes of at least 4 members (excludes halogenated alkanes) is 3. The molecule has 0 saturated heterocycles. The Morgan fingerprint density at radius 1 is 0.850 bits per heavy atom. The van der Waals surface area contributed by atoms with Gasteiger partial charge in [0.25, 0.3) is 5.91 Å². The maximum Gasteiger partial charge on any atom is 0.315 e. The number of amides is 1. The first-order chi connectivity index (χ1) is 19.4. The van der Waals surface area contributed by atoms with Gasteiger partial charge in [-0.05, 0) is 66.3 Å². The van der Waals surface area contributed by atoms with E-state index < -0.39 is 0 Å². The second-order valence-electron chi connectivity index (χ2n) is 10.1. The van der Waals surface area contributed by atoms with E-state index in [1.165, 1.54) is 12.1 Å². The molecule has 40 heavy (non-hydrogen) atoms. The standard InChI is InChI=1S/C33H34FIN2O3/c1-23(2)31-30(33(39)36-27-15-9-6-10-16-27)29(24-13-7-5-8-14-24)32(25-18-20-26(34)21-19-25)37(31)22-12-4-3-11-17-28(38)40-35/h5-10,13-16,18-21,23H,3-4,11-12,17,22H2,1-2H3,(H,36,39). The van der Waals surface area contributed by atoms with Crippen molar-refractivity contribution in [3.63, 3.8) is 0 Å². The van der Waals surface area contributed by atoms with Crippen molar-refractivity contribution in [2.75, 3.05) is 5.32 Å². The van der Waals surface area contributed by atoms with E-state index in [1.54, 1.807) is 35.1 Å². The average Bonchev–Trinajstić information content (AvgIpc) is 3.31. The smallest absolute Gasteiger partial charge is 0.315 e. The third-order valence-corrected chi connectivity index (χ3v) is 7.38. The summed E-state index contributed by atoms with van der Waals surface area (Å²) in [6.07, 6.45) is 3.89. The number of benzene rings is 3. The van der Waals surface area contributed by atoms with Crippen molar-refractivity contribution >= 4 is 40.6 Å². The zero-order valence-corrected chi connectivity index (χ0v) is 25.0. The van der Waals surface area contributed by atoms with Gasteiger partial charge in [-0.3, -0.25) is 9.59 Å². The zero-order chi connectivity index (χ0) is 28.5. The number of hydrogen-bond acceptors (Lipinski definition) is 3. The first-order valence-corrected chi connectivity index (χ1v) is 14.5. The molecule has 208 valence electrons. The number of carbonyl (C=O) groups excluding carboxylic acids is 2. The molecule has 0 aliphatic heterocycles. The Balaban J connectivity index is 1.83. The minimum Gasteiger partial charge on any atom is -0.394 e. The second-order valence-corrected chi connectivity index (χ2v) is 10.5. The number of nitrogens with zero attached hydrogens (tertiary/aromatic N) is 1. The lowest BCUT2D eigenvalue weighted by Gasteiger charge is -2.17. The Bertz CT molecular complexity index is 1420. The van der Waals surface area contributed by atoms with Crippen molar-refractivity contribution < 1.29 is 17.0 Å². The van der Waals surface area contributed by atoms with E-state index in [0.717, 1.165) is 59.4 Å². The molecule has 0 unspecified atom stereocenters. The Kier molecular flexibility index (Phi) is 10.5. The van der Waals surface area contributed by atoms with Crippen molar-refractivity contribution in [2.45, 2.75) is 58.4 Å². The van der Waals surface area contributed by atoms with Gasteiger partial charge in [0.2, 0.25) is 0 Å². The SMILES string of the molecule is CC(C)c1c(C(=O)Nc2ccccc2)c(-c2ccccc2)c(-c2ccc(F)cc2)n1CCCCCCC(=O)OI. The van der Waals surface area contributed by atoms with E-state index >= 15 is 0 Å². The molecule has 0 atom stereocenters. The van der Waals surface area contributed by atoms with Crippen LogP contribution in [0.25, 0.3) is 22.4 Å². The predicted octanol–water partition coefficient (Wildman–Crippen LogP) is 9.18. The van der Waals surface area contributed by atoms with Gasteiger partial charge >= 0.3 is 5.97 Å². The highest BCUT2D eigenvalue weighted by atomic mass is 127. The average molecular weight is 653 g/mol. The van der Waals surface area contributed by atoms with Gasteiger partial charge < -0.3 is 13.0 Å². The molecule has 4 aromatic rings. The fraction of sp³-hybridized carbons (Fsp3) is 0.273. The highest BCUT2D eigenvalue weighted by molar-refractivity contribution is 14.1. The number of carbonyl (C=O) groups is 2. The normalized spacial score (nSPS) is 11.0. The van der Waals surface area contributed by atoms with Gasteiger partial charge in [0.05, 0.1) is 11.3 Å². The predicted molar refractivity (Wildman–Crippen MR) is 167 cm³/mol. The molecule has 0 spiro atoms. The van der Waals surface area contributed by atoms with E-state index in [9.17, 15) is 14.0 Å². The fourth-order valence-corrected chi connectivity index (χ4v) is 5.36. The van der Waals surface area contributed by atoms with E-state index in [4.69, 9.17) is 3.07 Å². The number of para-hydroxylation sites is 1. The lowest BCUT2D eigenvalue weighted by Crippen LogP contribution is -2.16. The van der Waals surface area contributed by atoms with Gasteiger partial charge in [-0.25, -0.2) is 4.39 Å². The Morgan fingerprint density at radius 3 is 2.10 bits per heavy atom. The lowest BCUT2D eigenvalue weighted by molar-refractivity contribution is -0.131. The van der Waals surface area contributed by atoms with E-state index in [2.05, 4.69) is 23.7 Å². The van der Waals surface area contributed by atoms with Crippen LogP contribution in [0.15, 0.2) is 84.9 Å². The van der Waals surface area contributed by atoms with Gasteiger partial charge in [0.15, 0.2) is 23.0 Å². The highest BCUT2D eigenvalue weighted by Gasteiger charge is 2.30. The summed E-state index contributed by atoms with van der Waals surface area (Å²) in [5.74, 6) is -0.632. The molecule has 0 bridgehead atoms. The molecule has 1 heterocycles. The number of anilines is 1. The quantitative estimate of drug-likeness (QED) is 0.123. The number of rotatable bonds is 12. The van der Waals surface area contributed by atoms with Crippen LogP contribution in [-0.2, 0) is 14.4 Å². The molecule has 7 heteroatoms. The van der Waals surface area contributed by atoms with Crippen LogP contribution >= 0.6 is 23.0 Å². The highest BCUT2D eigenvalue weighted by Crippen LogP contribution is 2.42. The molecule has 0 radical (unpaired) electrons. The van der Waals surface area contributed by atoms with Crippen LogP contribution in [0.1, 0.15) is 67.9 Å². The summed E-state index contributed by atoms with van der Waals surface area (Å²) >= 11 is 1.62. The topological polar surface area (TPSA) is 60.3 Å². The van der Waals surface area contributed by atoms with Crippen molar-refractivity contribution in [1.82, 2.24) is 4.57 Å². The van der Waals surface area contributed by atoms with Crippen molar-refractivity contribution in [1.29, 1.82) is 0 Å². The lowest BCUT2D eigenvalue weighted by atomic mass is 9.94. The Labute approximate surface area is 249 Å². The van der Waals surface area contributed by atoms with Crippen molar-refractivity contribution in [2.24, 2.45) is 0 Å². The van der Waals surface area contributed by atoms with Crippen LogP contribution in [0.3, 0.4) is 0 Å². The molecule has 0 aliphatic carbocycles. The monoisotopic (exact) mass is 652 g/mol. The third-order valence-electron chi connectivity index (χ3n) is 6.89. The van der Waals surface area contributed by atoms with Crippen LogP contribution in [0.4, 0.5) is 10.1 Å². The summed E-state index contributed by atoms with van der Waals surface area (Å²) in [7, 11) is 0. The molecular weight excluding hydrogens is 618 g/mol. The number of aromatic nitrogens is 1. The maximum absolute atomic E-state index is 14.1. The van der Waals surface area contributed by atoms with Gasteiger partial charge in [0, 0.05) is 29.9 Å². The van der Waals surface area contributed by atoms with E-state index in [1.807, 2.05) is 60.7 Å². The molecule has 3 aromatic carbocycles. The minimum absolute atomic E-state index is 0.0478. The summed E-state index contributed by atoms with van der Waals surface area (Å²) in [6.45, 7) is 4.89. The molecule has 5 nitrogen and oxygen atoms in total. The van der Waals surface area contributed by atoms with Gasteiger partial charge in [-0.15, -0.1) is 0 Å². The van der Waals surface area contributed by atoms with E-state index in [0.29, 0.717) is 18.5 Å². The molecule has 0 fully saturated rings. The number of nitrogens with one attached hydrogen (secondary N) is 1. The molecule has 0 saturated carbocycles. The first-order valence-electron chi connectivity index (χ1n) is 13.7. The van der Waals surface area contributed by atoms with Gasteiger partial charge in [-0.2, -0.15) is 0 Å². The Morgan fingerprint density at radius 2 is 1.48 bits per heavy atom. The summed E-state index contributed by atoms with van der Waals surface area (Å²) in [4.78, 5) is 25.5. The van der Waals surface area contributed by atoms with Crippen molar-refractivity contribution in [3.05, 3.63) is 102 Å². The third kappa shape index (κ3) is 7.18. The first kappa shape index (κ1) is 29.5. The maximum atomic E-state index is 14.1. The molecule has 1 N–H and O–H groups in total. The second kappa shape index (κ2) is 14.3. The minimum atomic E-state index is -0.306. The molecule has 0 aliphatic rings. The van der Waals surface area contributed by atoms with Crippen molar-refractivity contribution in [3.8, 4) is 22.4 Å². The molecule has 1 amide bonds. The molecule has 1 aromatic heterocycles. The van der Waals surface area contributed by atoms with Crippen LogP contribution < -0.4 is 5.32 Å². The summed E-state index contributed by atoms with van der Waals surface area (Å²) in [5, 5.41) is 3.11. The Hall–Kier alpha value is -3.46. The molecule has 4 rings (SSSR count). The summed E-state index contributed by atoms with van der Waals surface area (Å²) in [6, 6.07) is 25.9. The van der Waals surface area contributed by atoms with Crippen LogP contribution in [0, 0.1) is 5.82 Å². The molecular formula is C33H34FIN2O3. The van der Waals surface area contributed by atoms with Gasteiger partial charge in [-0.1, -0.05) is 75.2 Å². The fourth-order valence-electron chi connectivity index (χ4n) is 5.14. The van der Waals surface area contributed by atoms with E-state index in [-0.39, 0.29) is 23.6 Å². The number of hydrogen-bond donors (Lipinski definition) is 1. The summed E-state index contributed by atoms with van der Waals surface area (Å²) < 4.78 is 21.0. The van der Waals surface area contributed by atoms with Crippen LogP contribution in [0.2, 0.25) is 0 Å². The van der Waals surface area contributed by atoms with Crippen LogP contribution in [-0.4, -0.2) is 16.4 Å². The zero-order valence-electron chi connectivity index (χ0n) is 22.8. The summed E-state index contributed by atoms with van der Waals surface area (Å²) in [5.41, 5.74) is 5.83. The number of halogens is 2. The van der Waals surface area contributed by atoms with Crippen LogP contribution in [0.5, 0.6) is 0 Å².